The number of thiazole rings is 2. The molecule has 2 heterocycles. The molecule has 0 aliphatic carbocycles. The molecule has 0 bridgehead atoms. The summed E-state index contributed by atoms with van der Waals surface area (Å²) in [4.78, 5) is 8.86. The Kier molecular flexibility index (Phi) is 4.04. The maximum absolute atomic E-state index is 4.60. The second-order valence-electron chi connectivity index (χ2n) is 3.68. The Morgan fingerprint density at radius 3 is 3.00 bits per heavy atom. The molecule has 2 aromatic rings. The number of rotatable bonds is 5. The lowest BCUT2D eigenvalue weighted by Gasteiger charge is -2.09. The van der Waals surface area contributed by atoms with E-state index in [4.69, 9.17) is 0 Å². The minimum Gasteiger partial charge on any atom is -0.314 e. The first-order valence-corrected chi connectivity index (χ1v) is 7.18. The van der Waals surface area contributed by atoms with Crippen LogP contribution < -0.4 is 5.32 Å². The van der Waals surface area contributed by atoms with Crippen molar-refractivity contribution in [1.82, 2.24) is 15.3 Å². The van der Waals surface area contributed by atoms with Gasteiger partial charge in [-0.1, -0.05) is 6.92 Å². The van der Waals surface area contributed by atoms with E-state index in [1.54, 1.807) is 22.7 Å². The summed E-state index contributed by atoms with van der Waals surface area (Å²) in [6.07, 6.45) is 0.981. The molecule has 0 aliphatic heterocycles. The van der Waals surface area contributed by atoms with Crippen LogP contribution in [0.1, 0.15) is 19.5 Å². The minimum absolute atomic E-state index is 0.482. The fourth-order valence-electron chi connectivity index (χ4n) is 1.57. The molecule has 0 amide bonds. The summed E-state index contributed by atoms with van der Waals surface area (Å²) in [6.45, 7) is 5.31. The molecule has 3 nitrogen and oxygen atoms in total. The van der Waals surface area contributed by atoms with Crippen molar-refractivity contribution < 1.29 is 0 Å². The van der Waals surface area contributed by atoms with Gasteiger partial charge in [-0.2, -0.15) is 0 Å². The summed E-state index contributed by atoms with van der Waals surface area (Å²) in [5.74, 6) is 0. The Hall–Kier alpha value is -0.780. The summed E-state index contributed by atoms with van der Waals surface area (Å²) >= 11 is 3.28. The number of aromatic nitrogens is 2. The number of hydrogen-bond donors (Lipinski definition) is 1. The van der Waals surface area contributed by atoms with Gasteiger partial charge in [-0.25, -0.2) is 9.97 Å². The molecule has 16 heavy (non-hydrogen) atoms. The van der Waals surface area contributed by atoms with Gasteiger partial charge in [0.05, 0.1) is 11.2 Å². The molecule has 0 aliphatic rings. The topological polar surface area (TPSA) is 37.8 Å². The van der Waals surface area contributed by atoms with Gasteiger partial charge < -0.3 is 5.32 Å². The molecule has 5 heteroatoms. The summed E-state index contributed by atoms with van der Waals surface area (Å²) in [5.41, 5.74) is 4.00. The zero-order valence-electron chi connectivity index (χ0n) is 9.43. The molecule has 2 rings (SSSR count). The van der Waals surface area contributed by atoms with Crippen LogP contribution in [0.4, 0.5) is 0 Å². The van der Waals surface area contributed by atoms with E-state index in [9.17, 15) is 0 Å². The lowest BCUT2D eigenvalue weighted by atomic mass is 10.2. The van der Waals surface area contributed by atoms with Gasteiger partial charge in [0.2, 0.25) is 0 Å². The zero-order chi connectivity index (χ0) is 11.4. The monoisotopic (exact) mass is 253 g/mol. The van der Waals surface area contributed by atoms with E-state index in [0.29, 0.717) is 6.04 Å². The van der Waals surface area contributed by atoms with Crippen LogP contribution in [-0.4, -0.2) is 22.6 Å². The highest BCUT2D eigenvalue weighted by Gasteiger charge is 2.08. The maximum Gasteiger partial charge on any atom is 0.142 e. The van der Waals surface area contributed by atoms with Gasteiger partial charge in [-0.3, -0.25) is 0 Å². The number of hydrogen-bond acceptors (Lipinski definition) is 5. The normalized spacial score (nSPS) is 12.9. The summed E-state index contributed by atoms with van der Waals surface area (Å²) in [6, 6.07) is 0.482. The van der Waals surface area contributed by atoms with Crippen LogP contribution in [0.2, 0.25) is 0 Å². The van der Waals surface area contributed by atoms with Gasteiger partial charge >= 0.3 is 0 Å². The smallest absolute Gasteiger partial charge is 0.142 e. The molecule has 86 valence electrons. The summed E-state index contributed by atoms with van der Waals surface area (Å²) in [7, 11) is 0. The number of nitrogens with zero attached hydrogens (tertiary/aromatic N) is 2. The Balaban J connectivity index is 2.03. The van der Waals surface area contributed by atoms with Gasteiger partial charge in [0.1, 0.15) is 10.7 Å². The molecule has 1 N–H and O–H groups in total. The van der Waals surface area contributed by atoms with Crippen molar-refractivity contribution in [2.75, 3.05) is 6.54 Å². The standard InChI is InChI=1S/C11H15N3S2/c1-3-12-8(2)4-9-5-16-11(14-9)10-6-15-7-13-10/h5-8,12H,3-4H2,1-2H3. The van der Waals surface area contributed by atoms with Gasteiger partial charge in [-0.05, 0) is 13.5 Å². The van der Waals surface area contributed by atoms with Crippen molar-refractivity contribution in [2.24, 2.45) is 0 Å². The molecule has 2 aromatic heterocycles. The van der Waals surface area contributed by atoms with Crippen molar-refractivity contribution in [3.05, 3.63) is 22.0 Å². The number of nitrogens with one attached hydrogen (secondary N) is 1. The highest BCUT2D eigenvalue weighted by molar-refractivity contribution is 7.13. The molecular weight excluding hydrogens is 238 g/mol. The second-order valence-corrected chi connectivity index (χ2v) is 5.26. The van der Waals surface area contributed by atoms with Gasteiger partial charge in [-0.15, -0.1) is 22.7 Å². The van der Waals surface area contributed by atoms with Gasteiger partial charge in [0.25, 0.3) is 0 Å². The third-order valence-electron chi connectivity index (χ3n) is 2.27. The van der Waals surface area contributed by atoms with E-state index in [1.165, 1.54) is 0 Å². The second kappa shape index (κ2) is 5.52. The van der Waals surface area contributed by atoms with E-state index in [-0.39, 0.29) is 0 Å². The lowest BCUT2D eigenvalue weighted by molar-refractivity contribution is 0.561. The van der Waals surface area contributed by atoms with Crippen LogP contribution in [-0.2, 0) is 6.42 Å². The predicted molar refractivity (Wildman–Crippen MR) is 70.1 cm³/mol. The molecule has 0 spiro atoms. The summed E-state index contributed by atoms with van der Waals surface area (Å²) < 4.78 is 0. The molecule has 0 radical (unpaired) electrons. The van der Waals surface area contributed by atoms with E-state index in [1.807, 2.05) is 10.9 Å². The number of likely N-dealkylation sites (N-methyl/N-ethyl adjacent to an activating group) is 1. The lowest BCUT2D eigenvalue weighted by Crippen LogP contribution is -2.27. The van der Waals surface area contributed by atoms with Crippen molar-refractivity contribution in [1.29, 1.82) is 0 Å². The maximum atomic E-state index is 4.60. The first-order valence-electron chi connectivity index (χ1n) is 5.36. The Morgan fingerprint density at radius 2 is 2.31 bits per heavy atom. The van der Waals surface area contributed by atoms with Crippen LogP contribution in [0.5, 0.6) is 0 Å². The van der Waals surface area contributed by atoms with E-state index in [0.717, 1.165) is 29.4 Å². The van der Waals surface area contributed by atoms with Crippen molar-refractivity contribution >= 4 is 22.7 Å². The van der Waals surface area contributed by atoms with E-state index in [2.05, 4.69) is 34.5 Å². The zero-order valence-corrected chi connectivity index (χ0v) is 11.1. The highest BCUT2D eigenvalue weighted by atomic mass is 32.1. The van der Waals surface area contributed by atoms with Crippen molar-refractivity contribution in [3.63, 3.8) is 0 Å². The average molecular weight is 253 g/mol. The third kappa shape index (κ3) is 2.87. The first-order chi connectivity index (χ1) is 7.79. The van der Waals surface area contributed by atoms with Gasteiger partial charge in [0.15, 0.2) is 0 Å². The van der Waals surface area contributed by atoms with Crippen molar-refractivity contribution in [3.8, 4) is 10.7 Å². The van der Waals surface area contributed by atoms with Crippen molar-refractivity contribution in [2.45, 2.75) is 26.3 Å². The molecule has 0 aromatic carbocycles. The fourth-order valence-corrected chi connectivity index (χ4v) is 2.98. The van der Waals surface area contributed by atoms with Crippen LogP contribution >= 0.6 is 22.7 Å². The molecule has 1 unspecified atom stereocenters. The van der Waals surface area contributed by atoms with Crippen LogP contribution in [0, 0.1) is 0 Å². The Morgan fingerprint density at radius 1 is 1.44 bits per heavy atom. The van der Waals surface area contributed by atoms with Gasteiger partial charge in [0, 0.05) is 23.2 Å². The first kappa shape index (κ1) is 11.7. The molecule has 1 atom stereocenters. The van der Waals surface area contributed by atoms with E-state index < -0.39 is 0 Å². The SMILES string of the molecule is CCNC(C)Cc1csc(-c2cscn2)n1. The Labute approximate surface area is 104 Å². The quantitative estimate of drug-likeness (QED) is 0.890. The minimum atomic E-state index is 0.482. The van der Waals surface area contributed by atoms with Crippen LogP contribution in [0.25, 0.3) is 10.7 Å². The highest BCUT2D eigenvalue weighted by Crippen LogP contribution is 2.23. The van der Waals surface area contributed by atoms with E-state index >= 15 is 0 Å². The largest absolute Gasteiger partial charge is 0.314 e. The molecule has 0 fully saturated rings. The Bertz CT molecular complexity index is 422. The molecule has 0 saturated carbocycles. The predicted octanol–water partition coefficient (Wildman–Crippen LogP) is 2.81. The average Bonchev–Trinajstić information content (AvgIpc) is 2.86. The summed E-state index contributed by atoms with van der Waals surface area (Å²) in [5, 5.41) is 8.58. The van der Waals surface area contributed by atoms with Crippen LogP contribution in [0.15, 0.2) is 16.3 Å². The van der Waals surface area contributed by atoms with Crippen LogP contribution in [0.3, 0.4) is 0 Å². The third-order valence-corrected chi connectivity index (χ3v) is 3.77. The fraction of sp³-hybridized carbons (Fsp3) is 0.455. The molecule has 0 saturated heterocycles. The molecular formula is C11H15N3S2.